The predicted molar refractivity (Wildman–Crippen MR) is 126 cm³/mol. The van der Waals surface area contributed by atoms with E-state index >= 15 is 0 Å². The molecule has 0 aliphatic heterocycles. The van der Waals surface area contributed by atoms with Crippen molar-refractivity contribution < 1.29 is 45.5 Å². The minimum Gasteiger partial charge on any atom is -0.475 e. The van der Waals surface area contributed by atoms with Gasteiger partial charge in [0.2, 0.25) is 0 Å². The van der Waals surface area contributed by atoms with Gasteiger partial charge in [0, 0.05) is 22.4 Å². The second-order valence-corrected chi connectivity index (χ2v) is 7.72. The van der Waals surface area contributed by atoms with Gasteiger partial charge in [-0.25, -0.2) is 4.79 Å². The zero-order chi connectivity index (χ0) is 28.3. The maximum absolute atomic E-state index is 12.8. The monoisotopic (exact) mass is 537 g/mol. The predicted octanol–water partition coefficient (Wildman–Crippen LogP) is 6.29. The van der Waals surface area contributed by atoms with Crippen molar-refractivity contribution in [2.24, 2.45) is 5.73 Å². The Balaban J connectivity index is 0.000000505. The molecule has 5 N–H and O–H groups in total. The van der Waals surface area contributed by atoms with E-state index in [-0.39, 0.29) is 11.5 Å². The van der Waals surface area contributed by atoms with Gasteiger partial charge in [0.25, 0.3) is 5.91 Å². The minimum absolute atomic E-state index is 0.0795. The summed E-state index contributed by atoms with van der Waals surface area (Å²) in [6.07, 6.45) is -6.49. The third kappa shape index (κ3) is 6.69. The first-order valence-corrected chi connectivity index (χ1v) is 10.4. The number of furan rings is 1. The molecule has 13 heteroatoms. The fraction of sp³-hybridized carbons (Fsp3) is 0.0800. The molecule has 7 nitrogen and oxygen atoms in total. The van der Waals surface area contributed by atoms with Gasteiger partial charge in [-0.3, -0.25) is 10.2 Å². The number of hydrogen-bond donors (Lipinski definition) is 4. The van der Waals surface area contributed by atoms with Crippen LogP contribution in [0.3, 0.4) is 0 Å². The summed E-state index contributed by atoms with van der Waals surface area (Å²) in [5.74, 6) is -3.31. The fourth-order valence-corrected chi connectivity index (χ4v) is 3.26. The molecular formula is C25H17F6N3O4. The minimum atomic E-state index is -5.08. The molecule has 0 spiro atoms. The number of anilines is 1. The number of amidine groups is 1. The van der Waals surface area contributed by atoms with Crippen LogP contribution in [0.15, 0.2) is 77.6 Å². The van der Waals surface area contributed by atoms with E-state index in [9.17, 15) is 31.1 Å². The van der Waals surface area contributed by atoms with Crippen LogP contribution in [0.25, 0.3) is 21.9 Å². The highest BCUT2D eigenvalue weighted by atomic mass is 19.4. The van der Waals surface area contributed by atoms with Gasteiger partial charge in [-0.05, 0) is 64.9 Å². The van der Waals surface area contributed by atoms with Crippen molar-refractivity contribution in [3.63, 3.8) is 0 Å². The number of aliphatic carboxylic acids is 1. The zero-order valence-electron chi connectivity index (χ0n) is 18.9. The van der Waals surface area contributed by atoms with E-state index in [0.717, 1.165) is 28.5 Å². The molecule has 4 rings (SSSR count). The summed E-state index contributed by atoms with van der Waals surface area (Å²) in [5.41, 5.74) is 7.35. The van der Waals surface area contributed by atoms with Gasteiger partial charge in [-0.2, -0.15) is 26.3 Å². The first-order chi connectivity index (χ1) is 17.7. The molecule has 0 unspecified atom stereocenters. The number of carboxylic acid groups (broad SMARTS) is 1. The van der Waals surface area contributed by atoms with Crippen LogP contribution in [0.4, 0.5) is 32.0 Å². The Morgan fingerprint density at radius 2 is 1.53 bits per heavy atom. The Morgan fingerprint density at radius 1 is 0.895 bits per heavy atom. The molecule has 0 bridgehead atoms. The lowest BCUT2D eigenvalue weighted by atomic mass is 9.95. The highest BCUT2D eigenvalue weighted by Crippen LogP contribution is 2.33. The second kappa shape index (κ2) is 10.7. The Kier molecular flexibility index (Phi) is 7.79. The first-order valence-electron chi connectivity index (χ1n) is 10.4. The Labute approximate surface area is 210 Å². The Morgan fingerprint density at radius 3 is 2.03 bits per heavy atom. The number of hydrogen-bond acceptors (Lipinski definition) is 4. The molecule has 0 radical (unpaired) electrons. The van der Waals surface area contributed by atoms with Crippen LogP contribution in [-0.4, -0.2) is 29.0 Å². The van der Waals surface area contributed by atoms with E-state index in [1.54, 1.807) is 36.4 Å². The molecule has 4 aromatic rings. The maximum atomic E-state index is 12.8. The van der Waals surface area contributed by atoms with Crippen molar-refractivity contribution >= 4 is 34.2 Å². The number of carbonyl (C=O) groups excluding carboxylic acids is 1. The molecular weight excluding hydrogens is 520 g/mol. The Bertz CT molecular complexity index is 1480. The van der Waals surface area contributed by atoms with Gasteiger partial charge < -0.3 is 20.6 Å². The topological polar surface area (TPSA) is 129 Å². The van der Waals surface area contributed by atoms with Crippen LogP contribution in [-0.2, 0) is 11.0 Å². The number of halogens is 6. The average molecular weight is 537 g/mol. The quantitative estimate of drug-likeness (QED) is 0.138. The van der Waals surface area contributed by atoms with E-state index < -0.39 is 29.8 Å². The van der Waals surface area contributed by atoms with Crippen LogP contribution in [0.5, 0.6) is 0 Å². The lowest BCUT2D eigenvalue weighted by molar-refractivity contribution is -0.192. The molecule has 1 amide bonds. The summed E-state index contributed by atoms with van der Waals surface area (Å²) in [4.78, 5) is 21.7. The standard InChI is InChI=1S/C23H16F3N3O2.C2HF3O2/c24-23(25,26)17-3-5-18(6-4-17)29-22(30)16-9-13-1-2-14(21(27)28)10-19(13)20(11-16)15-7-8-31-12-15;3-2(4,5)1(6)7/h1-12H,(H3,27,28)(H,29,30);(H,6,7). The summed E-state index contributed by atoms with van der Waals surface area (Å²) in [7, 11) is 0. The van der Waals surface area contributed by atoms with E-state index in [0.29, 0.717) is 16.7 Å². The number of alkyl halides is 6. The fourth-order valence-electron chi connectivity index (χ4n) is 3.26. The molecule has 1 aromatic heterocycles. The zero-order valence-corrected chi connectivity index (χ0v) is 18.9. The van der Waals surface area contributed by atoms with Crippen LogP contribution in [0.1, 0.15) is 21.5 Å². The molecule has 198 valence electrons. The third-order valence-electron chi connectivity index (χ3n) is 5.07. The molecule has 0 fully saturated rings. The highest BCUT2D eigenvalue weighted by Gasteiger charge is 2.38. The van der Waals surface area contributed by atoms with Crippen LogP contribution in [0.2, 0.25) is 0 Å². The molecule has 1 heterocycles. The first kappa shape index (κ1) is 27.8. The summed E-state index contributed by atoms with van der Waals surface area (Å²) in [6.45, 7) is 0. The summed E-state index contributed by atoms with van der Waals surface area (Å²) in [5, 5.41) is 18.9. The summed E-state index contributed by atoms with van der Waals surface area (Å²) >= 11 is 0. The normalized spacial score (nSPS) is 11.4. The molecule has 38 heavy (non-hydrogen) atoms. The van der Waals surface area contributed by atoms with Crippen molar-refractivity contribution in [1.82, 2.24) is 0 Å². The van der Waals surface area contributed by atoms with Crippen molar-refractivity contribution in [1.29, 1.82) is 5.41 Å². The lowest BCUT2D eigenvalue weighted by Crippen LogP contribution is -2.21. The maximum Gasteiger partial charge on any atom is 0.490 e. The lowest BCUT2D eigenvalue weighted by Gasteiger charge is -2.12. The molecule has 0 saturated carbocycles. The van der Waals surface area contributed by atoms with Crippen molar-refractivity contribution in [3.8, 4) is 11.1 Å². The van der Waals surface area contributed by atoms with Gasteiger partial charge in [-0.1, -0.05) is 12.1 Å². The van der Waals surface area contributed by atoms with Crippen molar-refractivity contribution in [2.75, 3.05) is 5.32 Å². The number of amides is 1. The number of nitrogens with one attached hydrogen (secondary N) is 2. The summed E-state index contributed by atoms with van der Waals surface area (Å²) in [6, 6.07) is 14.5. The van der Waals surface area contributed by atoms with Gasteiger partial charge in [-0.15, -0.1) is 0 Å². The van der Waals surface area contributed by atoms with Crippen LogP contribution in [0, 0.1) is 5.41 Å². The average Bonchev–Trinajstić information content (AvgIpc) is 3.37. The van der Waals surface area contributed by atoms with Gasteiger partial charge in [0.1, 0.15) is 5.84 Å². The van der Waals surface area contributed by atoms with Crippen LogP contribution >= 0.6 is 0 Å². The number of benzene rings is 3. The number of nitrogen functional groups attached to an aromatic ring is 1. The van der Waals surface area contributed by atoms with E-state index in [2.05, 4.69) is 5.32 Å². The summed E-state index contributed by atoms with van der Waals surface area (Å²) < 4.78 is 75.1. The molecule has 0 saturated heterocycles. The van der Waals surface area contributed by atoms with Crippen molar-refractivity contribution in [2.45, 2.75) is 12.4 Å². The number of carbonyl (C=O) groups is 2. The Hall–Kier alpha value is -4.81. The molecule has 3 aromatic carbocycles. The highest BCUT2D eigenvalue weighted by molar-refractivity contribution is 6.10. The smallest absolute Gasteiger partial charge is 0.475 e. The largest absolute Gasteiger partial charge is 0.490 e. The number of rotatable bonds is 4. The number of fused-ring (bicyclic) bond motifs is 1. The molecule has 0 atom stereocenters. The molecule has 0 aliphatic rings. The van der Waals surface area contributed by atoms with Crippen LogP contribution < -0.4 is 11.1 Å². The van der Waals surface area contributed by atoms with Crippen molar-refractivity contribution in [3.05, 3.63) is 89.9 Å². The van der Waals surface area contributed by atoms with Gasteiger partial charge >= 0.3 is 18.3 Å². The van der Waals surface area contributed by atoms with E-state index in [4.69, 9.17) is 25.5 Å². The van der Waals surface area contributed by atoms with E-state index in [1.165, 1.54) is 24.7 Å². The number of carboxylic acids is 1. The second-order valence-electron chi connectivity index (χ2n) is 7.72. The van der Waals surface area contributed by atoms with Gasteiger partial charge in [0.15, 0.2) is 0 Å². The van der Waals surface area contributed by atoms with E-state index in [1.807, 2.05) is 0 Å². The SMILES string of the molecule is N=C(N)c1ccc2cc(C(=O)Nc3ccc(C(F)(F)F)cc3)cc(-c3ccoc3)c2c1.O=C(O)C(F)(F)F. The molecule has 0 aliphatic carbocycles. The van der Waals surface area contributed by atoms with Gasteiger partial charge in [0.05, 0.1) is 18.1 Å². The third-order valence-corrected chi connectivity index (χ3v) is 5.07. The number of nitrogens with two attached hydrogens (primary N) is 1.